The van der Waals surface area contributed by atoms with Gasteiger partial charge < -0.3 is 5.32 Å². The molecule has 1 atom stereocenters. The SMILES string of the molecule is Cc1ccc(F)cc1NC(C)c1ccc(Cl)c(F)c1. The van der Waals surface area contributed by atoms with E-state index in [0.29, 0.717) is 5.69 Å². The van der Waals surface area contributed by atoms with E-state index in [0.717, 1.165) is 11.1 Å². The van der Waals surface area contributed by atoms with Gasteiger partial charge in [0.15, 0.2) is 0 Å². The number of benzene rings is 2. The molecule has 0 amide bonds. The lowest BCUT2D eigenvalue weighted by molar-refractivity contribution is 0.623. The van der Waals surface area contributed by atoms with Crippen molar-refractivity contribution in [1.82, 2.24) is 0 Å². The summed E-state index contributed by atoms with van der Waals surface area (Å²) in [5.74, 6) is -0.758. The summed E-state index contributed by atoms with van der Waals surface area (Å²) in [6, 6.07) is 9.04. The van der Waals surface area contributed by atoms with E-state index in [2.05, 4.69) is 5.32 Å². The van der Waals surface area contributed by atoms with Gasteiger partial charge in [0, 0.05) is 11.7 Å². The summed E-state index contributed by atoms with van der Waals surface area (Å²) in [6.45, 7) is 3.77. The molecule has 2 aromatic carbocycles. The van der Waals surface area contributed by atoms with E-state index in [1.807, 2.05) is 13.8 Å². The van der Waals surface area contributed by atoms with Gasteiger partial charge in [-0.25, -0.2) is 8.78 Å². The molecule has 100 valence electrons. The molecule has 0 spiro atoms. The fourth-order valence-corrected chi connectivity index (χ4v) is 1.97. The molecule has 1 N–H and O–H groups in total. The molecule has 0 saturated heterocycles. The molecular formula is C15H14ClF2N. The third-order valence-electron chi connectivity index (χ3n) is 3.02. The van der Waals surface area contributed by atoms with Crippen molar-refractivity contribution in [2.24, 2.45) is 0 Å². The maximum absolute atomic E-state index is 13.4. The van der Waals surface area contributed by atoms with Crippen LogP contribution in [0.1, 0.15) is 24.1 Å². The Bertz CT molecular complexity index is 599. The molecule has 0 saturated carbocycles. The van der Waals surface area contributed by atoms with Crippen molar-refractivity contribution in [3.63, 3.8) is 0 Å². The first kappa shape index (κ1) is 13.8. The molecule has 0 heterocycles. The zero-order valence-electron chi connectivity index (χ0n) is 10.7. The maximum atomic E-state index is 13.4. The van der Waals surface area contributed by atoms with E-state index in [-0.39, 0.29) is 16.9 Å². The van der Waals surface area contributed by atoms with Crippen molar-refractivity contribution < 1.29 is 8.78 Å². The second-order valence-corrected chi connectivity index (χ2v) is 4.91. The zero-order valence-corrected chi connectivity index (χ0v) is 11.4. The lowest BCUT2D eigenvalue weighted by atomic mass is 10.1. The van der Waals surface area contributed by atoms with Gasteiger partial charge in [0.05, 0.1) is 5.02 Å². The zero-order chi connectivity index (χ0) is 14.0. The topological polar surface area (TPSA) is 12.0 Å². The average Bonchev–Trinajstić information content (AvgIpc) is 2.37. The van der Waals surface area contributed by atoms with Crippen LogP contribution in [0.5, 0.6) is 0 Å². The Balaban J connectivity index is 2.22. The van der Waals surface area contributed by atoms with E-state index in [1.165, 1.54) is 24.3 Å². The molecule has 1 nitrogen and oxygen atoms in total. The minimum absolute atomic E-state index is 0.0953. The Morgan fingerprint density at radius 3 is 2.53 bits per heavy atom. The minimum Gasteiger partial charge on any atom is -0.378 e. The van der Waals surface area contributed by atoms with Crippen molar-refractivity contribution in [3.05, 3.63) is 64.2 Å². The largest absolute Gasteiger partial charge is 0.378 e. The summed E-state index contributed by atoms with van der Waals surface area (Å²) >= 11 is 5.65. The van der Waals surface area contributed by atoms with Crippen LogP contribution in [0.3, 0.4) is 0 Å². The van der Waals surface area contributed by atoms with Gasteiger partial charge in [-0.1, -0.05) is 23.7 Å². The van der Waals surface area contributed by atoms with Crippen LogP contribution in [-0.4, -0.2) is 0 Å². The van der Waals surface area contributed by atoms with E-state index in [1.54, 1.807) is 12.1 Å². The summed E-state index contributed by atoms with van der Waals surface area (Å²) in [6.07, 6.45) is 0. The Kier molecular flexibility index (Phi) is 4.05. The molecule has 0 radical (unpaired) electrons. The number of hydrogen-bond donors (Lipinski definition) is 1. The second-order valence-electron chi connectivity index (χ2n) is 4.50. The first-order valence-electron chi connectivity index (χ1n) is 5.95. The number of anilines is 1. The fraction of sp³-hybridized carbons (Fsp3) is 0.200. The molecule has 0 aliphatic heterocycles. The first-order valence-corrected chi connectivity index (χ1v) is 6.33. The van der Waals surface area contributed by atoms with Crippen molar-refractivity contribution in [2.75, 3.05) is 5.32 Å². The number of halogens is 3. The van der Waals surface area contributed by atoms with Crippen LogP contribution < -0.4 is 5.32 Å². The molecule has 0 aromatic heterocycles. The third-order valence-corrected chi connectivity index (χ3v) is 3.32. The predicted octanol–water partition coefficient (Wildman–Crippen LogP) is 5.10. The molecule has 0 fully saturated rings. The Labute approximate surface area is 116 Å². The van der Waals surface area contributed by atoms with Gasteiger partial charge in [-0.3, -0.25) is 0 Å². The van der Waals surface area contributed by atoms with Gasteiger partial charge >= 0.3 is 0 Å². The lowest BCUT2D eigenvalue weighted by Crippen LogP contribution is -2.08. The highest BCUT2D eigenvalue weighted by molar-refractivity contribution is 6.30. The van der Waals surface area contributed by atoms with Gasteiger partial charge in [-0.05, 0) is 49.2 Å². The van der Waals surface area contributed by atoms with Crippen molar-refractivity contribution in [3.8, 4) is 0 Å². The van der Waals surface area contributed by atoms with Gasteiger partial charge in [0.1, 0.15) is 11.6 Å². The van der Waals surface area contributed by atoms with Crippen LogP contribution in [0.25, 0.3) is 0 Å². The number of aryl methyl sites for hydroxylation is 1. The van der Waals surface area contributed by atoms with Crippen LogP contribution in [0.2, 0.25) is 5.02 Å². The molecule has 0 aliphatic carbocycles. The molecule has 1 unspecified atom stereocenters. The Morgan fingerprint density at radius 2 is 1.84 bits per heavy atom. The normalized spacial score (nSPS) is 12.3. The van der Waals surface area contributed by atoms with Gasteiger partial charge in [-0.2, -0.15) is 0 Å². The van der Waals surface area contributed by atoms with E-state index >= 15 is 0 Å². The van der Waals surface area contributed by atoms with Crippen LogP contribution >= 0.6 is 11.6 Å². The van der Waals surface area contributed by atoms with Crippen LogP contribution in [0.4, 0.5) is 14.5 Å². The maximum Gasteiger partial charge on any atom is 0.142 e. The number of nitrogens with one attached hydrogen (secondary N) is 1. The van der Waals surface area contributed by atoms with E-state index in [9.17, 15) is 8.78 Å². The molecule has 19 heavy (non-hydrogen) atoms. The number of rotatable bonds is 3. The summed E-state index contributed by atoms with van der Waals surface area (Å²) < 4.78 is 26.6. The van der Waals surface area contributed by atoms with Gasteiger partial charge in [-0.15, -0.1) is 0 Å². The minimum atomic E-state index is -0.455. The molecule has 2 aromatic rings. The summed E-state index contributed by atoms with van der Waals surface area (Å²) in [5.41, 5.74) is 2.39. The quantitative estimate of drug-likeness (QED) is 0.825. The van der Waals surface area contributed by atoms with Gasteiger partial charge in [0.2, 0.25) is 0 Å². The molecule has 0 aliphatic rings. The highest BCUT2D eigenvalue weighted by Gasteiger charge is 2.10. The summed E-state index contributed by atoms with van der Waals surface area (Å²) in [4.78, 5) is 0. The standard InChI is InChI=1S/C15H14ClF2N/c1-9-3-5-12(17)8-15(9)19-10(2)11-4-6-13(16)14(18)7-11/h3-8,10,19H,1-2H3. The van der Waals surface area contributed by atoms with Gasteiger partial charge in [0.25, 0.3) is 0 Å². The molecule has 0 bridgehead atoms. The van der Waals surface area contributed by atoms with Crippen molar-refractivity contribution in [1.29, 1.82) is 0 Å². The smallest absolute Gasteiger partial charge is 0.142 e. The molecule has 4 heteroatoms. The molecular weight excluding hydrogens is 268 g/mol. The van der Waals surface area contributed by atoms with Crippen LogP contribution in [0, 0.1) is 18.6 Å². The lowest BCUT2D eigenvalue weighted by Gasteiger charge is -2.17. The van der Waals surface area contributed by atoms with Crippen LogP contribution in [-0.2, 0) is 0 Å². The predicted molar refractivity (Wildman–Crippen MR) is 74.6 cm³/mol. The average molecular weight is 282 g/mol. The second kappa shape index (κ2) is 5.57. The van der Waals surface area contributed by atoms with Crippen molar-refractivity contribution >= 4 is 17.3 Å². The molecule has 2 rings (SSSR count). The Morgan fingerprint density at radius 1 is 1.11 bits per heavy atom. The number of hydrogen-bond acceptors (Lipinski definition) is 1. The monoisotopic (exact) mass is 281 g/mol. The van der Waals surface area contributed by atoms with Crippen LogP contribution in [0.15, 0.2) is 36.4 Å². The fourth-order valence-electron chi connectivity index (χ4n) is 1.85. The van der Waals surface area contributed by atoms with Crippen molar-refractivity contribution in [2.45, 2.75) is 19.9 Å². The highest BCUT2D eigenvalue weighted by atomic mass is 35.5. The first-order chi connectivity index (χ1) is 8.97. The Hall–Kier alpha value is -1.61. The summed E-state index contributed by atoms with van der Waals surface area (Å²) in [5, 5.41) is 3.26. The third kappa shape index (κ3) is 3.24. The highest BCUT2D eigenvalue weighted by Crippen LogP contribution is 2.25. The summed E-state index contributed by atoms with van der Waals surface area (Å²) in [7, 11) is 0. The van der Waals surface area contributed by atoms with E-state index in [4.69, 9.17) is 11.6 Å². The van der Waals surface area contributed by atoms with E-state index < -0.39 is 5.82 Å².